The maximum Gasteiger partial charge on any atom is 0.226 e. The number of hydrogen-bond donors (Lipinski definition) is 5. The predicted molar refractivity (Wildman–Crippen MR) is 512 cm³/mol. The highest BCUT2D eigenvalue weighted by molar-refractivity contribution is 5.96. The Morgan fingerprint density at radius 2 is 0.305 bits per heavy atom. The first-order valence-electron chi connectivity index (χ1n) is 53.9. The molecule has 12 heteroatoms. The Bertz CT molecular complexity index is 1960. The quantitative estimate of drug-likeness (QED) is 0.0379. The lowest BCUT2D eigenvalue weighted by atomic mass is 9.34. The van der Waals surface area contributed by atoms with Crippen LogP contribution in [0, 0.1) is 21.7 Å². The SMILES string of the molecule is CCCCCCCCCCCCN(CCCCCCCCCCCC)CCCCCCNC(=O)C12CC3(C(=O)NCCO)CC(C(=O)NCCCCCCN(CCCCCCCCCCCC)CCCCCCCCCCCC)(C1)CC(C(=O)NCCCCCCN(CCCCCCCCCCCC)CCCCCCCCCCCC)(C3)C2. The minimum atomic E-state index is -1.09. The number of aliphatic hydroxyl groups is 1. The Labute approximate surface area is 735 Å². The van der Waals surface area contributed by atoms with E-state index in [0.717, 1.165) is 77.4 Å². The van der Waals surface area contributed by atoms with E-state index in [0.29, 0.717) is 58.2 Å². The molecule has 118 heavy (non-hydrogen) atoms. The smallest absolute Gasteiger partial charge is 0.226 e. The van der Waals surface area contributed by atoms with Gasteiger partial charge in [-0.15, -0.1) is 0 Å². The standard InChI is InChI=1S/C106H207N7O5/c1-7-13-19-25-31-37-43-49-58-70-83-111(84-71-59-50-44-38-32-26-20-14-8-2)89-76-64-55-67-79-107-99(115)103-93-104(100(116)108-80-68-56-65-77-90-112(85-72-60-51-45-39-33-27-21-15-9-3)86-73-61-52-46-40-34-28-22-16-10-4)95-105(94-103,98-106(96-103,97-104)102(118)110-82-92-114)101(117)109-81-69-57-66-78-91-113(87-74-62-53-47-41-35-29-23-17-11-5)88-75-63-54-48-42-36-30-24-18-12-6/h114H,7-98H2,1-6H3,(H,107,115)(H,108,116)(H,109,117)(H,110,118). The lowest BCUT2D eigenvalue weighted by Crippen LogP contribution is -2.72. The van der Waals surface area contributed by atoms with Gasteiger partial charge in [-0.1, -0.05) is 427 Å². The summed E-state index contributed by atoms with van der Waals surface area (Å²) in [6.45, 7) is 26.1. The molecule has 4 fully saturated rings. The summed E-state index contributed by atoms with van der Waals surface area (Å²) in [6.07, 6.45) is 96.8. The third-order valence-electron chi connectivity index (χ3n) is 28.4. The Morgan fingerprint density at radius 3 is 0.441 bits per heavy atom. The van der Waals surface area contributed by atoms with Crippen molar-refractivity contribution in [1.82, 2.24) is 36.0 Å². The monoisotopic (exact) mass is 1660 g/mol. The van der Waals surface area contributed by atoms with Gasteiger partial charge < -0.3 is 41.1 Å². The first-order chi connectivity index (χ1) is 58.0. The summed E-state index contributed by atoms with van der Waals surface area (Å²) in [5, 5.41) is 23.6. The van der Waals surface area contributed by atoms with Crippen molar-refractivity contribution < 1.29 is 24.3 Å². The van der Waals surface area contributed by atoms with Gasteiger partial charge in [-0.2, -0.15) is 0 Å². The number of aliphatic hydroxyl groups excluding tert-OH is 1. The summed E-state index contributed by atoms with van der Waals surface area (Å²) in [7, 11) is 0. The summed E-state index contributed by atoms with van der Waals surface area (Å²) < 4.78 is 0. The average Bonchev–Trinajstić information content (AvgIpc) is 0.671. The molecule has 4 rings (SSSR count). The second kappa shape index (κ2) is 77.1. The summed E-state index contributed by atoms with van der Waals surface area (Å²) in [5.41, 5.74) is -4.24. The fourth-order valence-corrected chi connectivity index (χ4v) is 21.5. The average molecular weight is 1660 g/mol. The van der Waals surface area contributed by atoms with Crippen LogP contribution in [0.1, 0.15) is 542 Å². The number of rotatable bonds is 93. The first kappa shape index (κ1) is 110. The molecule has 0 aromatic heterocycles. The van der Waals surface area contributed by atoms with Gasteiger partial charge in [0.25, 0.3) is 0 Å². The molecule has 696 valence electrons. The minimum Gasteiger partial charge on any atom is -0.395 e. The number of nitrogens with zero attached hydrogens (tertiary/aromatic N) is 3. The zero-order valence-corrected chi connectivity index (χ0v) is 80.5. The molecule has 0 heterocycles. The van der Waals surface area contributed by atoms with E-state index in [-0.39, 0.29) is 36.8 Å². The fourth-order valence-electron chi connectivity index (χ4n) is 21.5. The highest BCUT2D eigenvalue weighted by Gasteiger charge is 2.75. The van der Waals surface area contributed by atoms with Crippen LogP contribution in [0.15, 0.2) is 0 Å². The van der Waals surface area contributed by atoms with Crippen molar-refractivity contribution in [3.63, 3.8) is 0 Å². The zero-order chi connectivity index (χ0) is 84.9. The van der Waals surface area contributed by atoms with E-state index < -0.39 is 21.7 Å². The van der Waals surface area contributed by atoms with E-state index in [9.17, 15) is 5.11 Å². The molecular formula is C106H207N7O5. The van der Waals surface area contributed by atoms with Crippen LogP contribution in [0.3, 0.4) is 0 Å². The Morgan fingerprint density at radius 1 is 0.186 bits per heavy atom. The second-order valence-electron chi connectivity index (χ2n) is 39.8. The van der Waals surface area contributed by atoms with Crippen LogP contribution in [0.5, 0.6) is 0 Å². The van der Waals surface area contributed by atoms with Gasteiger partial charge in [-0.3, -0.25) is 19.2 Å². The van der Waals surface area contributed by atoms with E-state index in [1.165, 1.54) is 444 Å². The van der Waals surface area contributed by atoms with E-state index in [1.54, 1.807) is 0 Å². The van der Waals surface area contributed by atoms with Crippen LogP contribution in [0.2, 0.25) is 0 Å². The van der Waals surface area contributed by atoms with Crippen molar-refractivity contribution in [3.8, 4) is 0 Å². The lowest BCUT2D eigenvalue weighted by molar-refractivity contribution is -0.208. The molecule has 0 aliphatic heterocycles. The molecule has 0 saturated heterocycles. The van der Waals surface area contributed by atoms with Crippen LogP contribution >= 0.6 is 0 Å². The van der Waals surface area contributed by atoms with Gasteiger partial charge in [0.2, 0.25) is 23.6 Å². The zero-order valence-electron chi connectivity index (χ0n) is 80.5. The summed E-state index contributed by atoms with van der Waals surface area (Å²) in [4.78, 5) is 69.9. The third-order valence-corrected chi connectivity index (χ3v) is 28.4. The van der Waals surface area contributed by atoms with Gasteiger partial charge in [-0.05, 0) is 174 Å². The number of carbonyl (C=O) groups excluding carboxylic acids is 4. The molecule has 4 bridgehead atoms. The van der Waals surface area contributed by atoms with Crippen LogP contribution < -0.4 is 21.3 Å². The number of amides is 4. The Hall–Kier alpha value is -2.28. The molecule has 4 aliphatic carbocycles. The lowest BCUT2D eigenvalue weighted by Gasteiger charge is -2.67. The number of carbonyl (C=O) groups is 4. The first-order valence-corrected chi connectivity index (χ1v) is 53.9. The molecule has 0 radical (unpaired) electrons. The van der Waals surface area contributed by atoms with Crippen molar-refractivity contribution in [1.29, 1.82) is 0 Å². The molecule has 0 aromatic carbocycles. The minimum absolute atomic E-state index is 0.0785. The van der Waals surface area contributed by atoms with Crippen molar-refractivity contribution in [2.45, 2.75) is 542 Å². The van der Waals surface area contributed by atoms with Gasteiger partial charge in [0.15, 0.2) is 0 Å². The molecule has 0 unspecified atom stereocenters. The maximum absolute atomic E-state index is 15.5. The van der Waals surface area contributed by atoms with E-state index in [2.05, 4.69) is 77.5 Å². The van der Waals surface area contributed by atoms with Crippen LogP contribution in [-0.4, -0.2) is 135 Å². The molecule has 12 nitrogen and oxygen atoms in total. The number of unbranched alkanes of at least 4 members (excludes halogenated alkanes) is 63. The summed E-state index contributed by atoms with van der Waals surface area (Å²) >= 11 is 0. The molecule has 0 atom stereocenters. The number of nitrogens with one attached hydrogen (secondary N) is 4. The van der Waals surface area contributed by atoms with E-state index in [1.807, 2.05) is 0 Å². The van der Waals surface area contributed by atoms with Crippen molar-refractivity contribution >= 4 is 23.6 Å². The van der Waals surface area contributed by atoms with Crippen molar-refractivity contribution in [3.05, 3.63) is 0 Å². The Balaban J connectivity index is 1.74. The third kappa shape index (κ3) is 53.9. The normalized spacial score (nSPS) is 18.3. The van der Waals surface area contributed by atoms with E-state index in [4.69, 9.17) is 0 Å². The number of hydrogen-bond acceptors (Lipinski definition) is 8. The van der Waals surface area contributed by atoms with Gasteiger partial charge in [0, 0.05) is 26.2 Å². The highest BCUT2D eigenvalue weighted by atomic mass is 16.3. The molecule has 0 aromatic rings. The topological polar surface area (TPSA) is 146 Å². The molecule has 0 spiro atoms. The van der Waals surface area contributed by atoms with Gasteiger partial charge >= 0.3 is 0 Å². The van der Waals surface area contributed by atoms with E-state index >= 15 is 19.2 Å². The molecule has 5 N–H and O–H groups in total. The summed E-state index contributed by atoms with van der Waals surface area (Å²) in [6, 6.07) is 0. The van der Waals surface area contributed by atoms with Crippen LogP contribution in [0.4, 0.5) is 0 Å². The second-order valence-corrected chi connectivity index (χ2v) is 39.8. The highest BCUT2D eigenvalue weighted by Crippen LogP contribution is 2.74. The van der Waals surface area contributed by atoms with Crippen molar-refractivity contribution in [2.75, 3.05) is 91.7 Å². The van der Waals surface area contributed by atoms with Crippen LogP contribution in [0.25, 0.3) is 0 Å². The summed E-state index contributed by atoms with van der Waals surface area (Å²) in [5.74, 6) is -0.450. The predicted octanol–water partition coefficient (Wildman–Crippen LogP) is 28.9. The maximum atomic E-state index is 15.5. The Kier molecular flexibility index (Phi) is 71.8. The van der Waals surface area contributed by atoms with Gasteiger partial charge in [0.05, 0.1) is 28.3 Å². The molecule has 4 saturated carbocycles. The van der Waals surface area contributed by atoms with Crippen molar-refractivity contribution in [2.24, 2.45) is 21.7 Å². The molecule has 4 aliphatic rings. The molecule has 4 amide bonds. The molecular weight excluding hydrogens is 1450 g/mol. The van der Waals surface area contributed by atoms with Crippen LogP contribution in [-0.2, 0) is 19.2 Å². The fraction of sp³-hybridized carbons (Fsp3) is 0.962. The van der Waals surface area contributed by atoms with Gasteiger partial charge in [-0.25, -0.2) is 0 Å². The largest absolute Gasteiger partial charge is 0.395 e. The van der Waals surface area contributed by atoms with Gasteiger partial charge in [0.1, 0.15) is 0 Å².